The lowest BCUT2D eigenvalue weighted by atomic mass is 9.89. The predicted molar refractivity (Wildman–Crippen MR) is 98.2 cm³/mol. The highest BCUT2D eigenvalue weighted by Gasteiger charge is 2.15. The third-order valence-electron chi connectivity index (χ3n) is 4.43. The number of aromatic amines is 1. The Morgan fingerprint density at radius 1 is 1.25 bits per heavy atom. The summed E-state index contributed by atoms with van der Waals surface area (Å²) in [4.78, 5) is 15.1. The zero-order valence-electron chi connectivity index (χ0n) is 14.9. The summed E-state index contributed by atoms with van der Waals surface area (Å²) in [6, 6.07) is 6.12. The van der Waals surface area contributed by atoms with E-state index in [0.29, 0.717) is 13.1 Å². The maximum Gasteiger partial charge on any atom is 0.314 e. The number of fused-ring (bicyclic) bond motifs is 1. The first kappa shape index (κ1) is 18.3. The highest BCUT2D eigenvalue weighted by molar-refractivity contribution is 5.85. The van der Waals surface area contributed by atoms with Crippen LogP contribution in [0, 0.1) is 12.3 Å². The number of aryl methyl sites for hydroxylation is 1. The molecule has 0 spiro atoms. The van der Waals surface area contributed by atoms with Gasteiger partial charge in [0.2, 0.25) is 0 Å². The second-order valence-electron chi connectivity index (χ2n) is 7.17. The largest absolute Gasteiger partial charge is 0.396 e. The van der Waals surface area contributed by atoms with E-state index in [2.05, 4.69) is 40.7 Å². The monoisotopic (exact) mass is 331 g/mol. The number of aliphatic hydroxyl groups is 1. The molecular formula is C19H29N3O2. The van der Waals surface area contributed by atoms with E-state index in [1.807, 2.05) is 20.0 Å². The van der Waals surface area contributed by atoms with E-state index in [-0.39, 0.29) is 18.1 Å². The normalized spacial score (nSPS) is 11.7. The maximum atomic E-state index is 11.8. The van der Waals surface area contributed by atoms with Crippen LogP contribution < -0.4 is 10.6 Å². The first-order chi connectivity index (χ1) is 11.4. The smallest absolute Gasteiger partial charge is 0.314 e. The summed E-state index contributed by atoms with van der Waals surface area (Å²) < 4.78 is 0. The third kappa shape index (κ3) is 4.99. The topological polar surface area (TPSA) is 77.2 Å². The number of hydrogen-bond acceptors (Lipinski definition) is 2. The minimum atomic E-state index is -0.132. The number of hydrogen-bond donors (Lipinski definition) is 4. The van der Waals surface area contributed by atoms with Gasteiger partial charge in [0, 0.05) is 36.8 Å². The Morgan fingerprint density at radius 3 is 2.75 bits per heavy atom. The summed E-state index contributed by atoms with van der Waals surface area (Å²) >= 11 is 0. The van der Waals surface area contributed by atoms with Crippen LogP contribution in [0.1, 0.15) is 37.8 Å². The first-order valence-electron chi connectivity index (χ1n) is 8.61. The molecule has 0 aliphatic heterocycles. The van der Waals surface area contributed by atoms with Crippen LogP contribution in [0.4, 0.5) is 4.79 Å². The lowest BCUT2D eigenvalue weighted by molar-refractivity contribution is 0.148. The van der Waals surface area contributed by atoms with Gasteiger partial charge in [-0.15, -0.1) is 0 Å². The molecule has 0 atom stereocenters. The number of para-hydroxylation sites is 1. The number of urea groups is 1. The fraction of sp³-hybridized carbons (Fsp3) is 0.526. The van der Waals surface area contributed by atoms with Gasteiger partial charge >= 0.3 is 6.03 Å². The molecule has 4 N–H and O–H groups in total. The number of benzene rings is 1. The molecule has 0 aliphatic carbocycles. The number of aromatic nitrogens is 1. The van der Waals surface area contributed by atoms with Crippen LogP contribution >= 0.6 is 0 Å². The molecule has 1 aromatic carbocycles. The molecule has 1 heterocycles. The number of carbonyl (C=O) groups excluding carboxylic acids is 1. The van der Waals surface area contributed by atoms with Gasteiger partial charge in [-0.3, -0.25) is 0 Å². The molecule has 0 bridgehead atoms. The third-order valence-corrected chi connectivity index (χ3v) is 4.43. The molecule has 0 aliphatic rings. The second kappa shape index (κ2) is 8.20. The molecule has 24 heavy (non-hydrogen) atoms. The van der Waals surface area contributed by atoms with Crippen molar-refractivity contribution in [1.82, 2.24) is 15.6 Å². The van der Waals surface area contributed by atoms with Crippen molar-refractivity contribution in [3.05, 3.63) is 35.5 Å². The molecule has 2 amide bonds. The van der Waals surface area contributed by atoms with Gasteiger partial charge in [0.15, 0.2) is 0 Å². The average Bonchev–Trinajstić information content (AvgIpc) is 2.96. The Kier molecular flexibility index (Phi) is 6.26. The zero-order valence-corrected chi connectivity index (χ0v) is 14.9. The Labute approximate surface area is 143 Å². The molecule has 0 fully saturated rings. The summed E-state index contributed by atoms with van der Waals surface area (Å²) in [5, 5.41) is 16.2. The van der Waals surface area contributed by atoms with Gasteiger partial charge in [0.1, 0.15) is 0 Å². The van der Waals surface area contributed by atoms with E-state index in [4.69, 9.17) is 0 Å². The van der Waals surface area contributed by atoms with Crippen molar-refractivity contribution in [1.29, 1.82) is 0 Å². The van der Waals surface area contributed by atoms with E-state index >= 15 is 0 Å². The Morgan fingerprint density at radius 2 is 2.00 bits per heavy atom. The molecule has 5 nitrogen and oxygen atoms in total. The number of aliphatic hydroxyl groups excluding tert-OH is 1. The van der Waals surface area contributed by atoms with Gasteiger partial charge in [-0.1, -0.05) is 32.0 Å². The van der Waals surface area contributed by atoms with Crippen molar-refractivity contribution in [3.63, 3.8) is 0 Å². The van der Waals surface area contributed by atoms with Gasteiger partial charge in [0.25, 0.3) is 0 Å². The minimum Gasteiger partial charge on any atom is -0.396 e. The van der Waals surface area contributed by atoms with Crippen LogP contribution in [0.25, 0.3) is 10.9 Å². The Bertz CT molecular complexity index is 676. The molecule has 2 aromatic rings. The first-order valence-corrected chi connectivity index (χ1v) is 8.61. The van der Waals surface area contributed by atoms with Gasteiger partial charge in [-0.05, 0) is 42.7 Å². The summed E-state index contributed by atoms with van der Waals surface area (Å²) in [6.45, 7) is 7.54. The van der Waals surface area contributed by atoms with Gasteiger partial charge in [0.05, 0.1) is 0 Å². The van der Waals surface area contributed by atoms with Crippen molar-refractivity contribution in [2.24, 2.45) is 5.41 Å². The number of carbonyl (C=O) groups is 1. The van der Waals surface area contributed by atoms with E-state index in [1.54, 1.807) is 0 Å². The SMILES string of the molecule is Cc1cccc2c(CCNC(=O)NCCCC(C)(C)CO)c[nH]c12. The summed E-state index contributed by atoms with van der Waals surface area (Å²) in [6.07, 6.45) is 4.57. The highest BCUT2D eigenvalue weighted by atomic mass is 16.3. The molecule has 5 heteroatoms. The molecule has 0 saturated carbocycles. The number of amides is 2. The summed E-state index contributed by atoms with van der Waals surface area (Å²) in [5.41, 5.74) is 3.54. The number of rotatable bonds is 8. The summed E-state index contributed by atoms with van der Waals surface area (Å²) in [7, 11) is 0. The number of nitrogens with one attached hydrogen (secondary N) is 3. The van der Waals surface area contributed by atoms with Gasteiger partial charge < -0.3 is 20.7 Å². The molecule has 132 valence electrons. The predicted octanol–water partition coefficient (Wildman–Crippen LogP) is 3.12. The quantitative estimate of drug-likeness (QED) is 0.561. The molecule has 0 unspecified atom stereocenters. The molecule has 2 rings (SSSR count). The molecular weight excluding hydrogens is 302 g/mol. The fourth-order valence-electron chi connectivity index (χ4n) is 2.79. The lowest BCUT2D eigenvalue weighted by Gasteiger charge is -2.21. The van der Waals surface area contributed by atoms with Crippen molar-refractivity contribution in [2.75, 3.05) is 19.7 Å². The van der Waals surface area contributed by atoms with Crippen molar-refractivity contribution >= 4 is 16.9 Å². The number of H-pyrrole nitrogens is 1. The average molecular weight is 331 g/mol. The van der Waals surface area contributed by atoms with E-state index < -0.39 is 0 Å². The Balaban J connectivity index is 1.70. The van der Waals surface area contributed by atoms with Gasteiger partial charge in [-0.2, -0.15) is 0 Å². The standard InChI is InChI=1S/C19H29N3O2/c1-14-6-4-7-16-15(12-22-17(14)16)8-11-21-18(24)20-10-5-9-19(2,3)13-23/h4,6-7,12,22-23H,5,8-11,13H2,1-3H3,(H2,20,21,24). The second-order valence-corrected chi connectivity index (χ2v) is 7.17. The van der Waals surface area contributed by atoms with Crippen LogP contribution in [-0.2, 0) is 6.42 Å². The van der Waals surface area contributed by atoms with Crippen molar-refractivity contribution in [2.45, 2.75) is 40.0 Å². The maximum absolute atomic E-state index is 11.8. The van der Waals surface area contributed by atoms with Crippen molar-refractivity contribution < 1.29 is 9.90 Å². The van der Waals surface area contributed by atoms with Gasteiger partial charge in [-0.25, -0.2) is 4.79 Å². The Hall–Kier alpha value is -2.01. The zero-order chi connectivity index (χ0) is 17.6. The van der Waals surface area contributed by atoms with Crippen molar-refractivity contribution in [3.8, 4) is 0 Å². The fourth-order valence-corrected chi connectivity index (χ4v) is 2.79. The lowest BCUT2D eigenvalue weighted by Crippen LogP contribution is -2.37. The van der Waals surface area contributed by atoms with Crippen LogP contribution in [0.3, 0.4) is 0 Å². The van der Waals surface area contributed by atoms with E-state index in [1.165, 1.54) is 22.0 Å². The van der Waals surface area contributed by atoms with Crippen LogP contribution in [0.15, 0.2) is 24.4 Å². The summed E-state index contributed by atoms with van der Waals surface area (Å²) in [5.74, 6) is 0. The van der Waals surface area contributed by atoms with Crippen LogP contribution in [-0.4, -0.2) is 35.8 Å². The molecule has 0 radical (unpaired) electrons. The van der Waals surface area contributed by atoms with Crippen LogP contribution in [0.5, 0.6) is 0 Å². The highest BCUT2D eigenvalue weighted by Crippen LogP contribution is 2.21. The van der Waals surface area contributed by atoms with E-state index in [0.717, 1.165) is 19.3 Å². The van der Waals surface area contributed by atoms with E-state index in [9.17, 15) is 9.90 Å². The molecule has 1 aromatic heterocycles. The van der Waals surface area contributed by atoms with Crippen LogP contribution in [0.2, 0.25) is 0 Å². The molecule has 0 saturated heterocycles. The minimum absolute atomic E-state index is 0.0778.